The summed E-state index contributed by atoms with van der Waals surface area (Å²) in [5.74, 6) is 1.81. The summed E-state index contributed by atoms with van der Waals surface area (Å²) in [5, 5.41) is 4.96. The molecule has 0 aromatic heterocycles. The summed E-state index contributed by atoms with van der Waals surface area (Å²) >= 11 is 0. The van der Waals surface area contributed by atoms with Crippen molar-refractivity contribution in [1.82, 2.24) is 0 Å². The number of fused-ring (bicyclic) bond motifs is 6. The van der Waals surface area contributed by atoms with Gasteiger partial charge in [-0.15, -0.1) is 0 Å². The fourth-order valence-corrected chi connectivity index (χ4v) is 8.16. The molecule has 0 bridgehead atoms. The number of hydrogen-bond acceptors (Lipinski definition) is 1. The van der Waals surface area contributed by atoms with Gasteiger partial charge in [0.1, 0.15) is 11.5 Å². The highest BCUT2D eigenvalue weighted by molar-refractivity contribution is 6.10. The Kier molecular flexibility index (Phi) is 5.69. The number of hydrogen-bond donors (Lipinski definition) is 0. The smallest absolute Gasteiger partial charge is 0.135 e. The summed E-state index contributed by atoms with van der Waals surface area (Å²) in [5.41, 5.74) is 15.2. The lowest BCUT2D eigenvalue weighted by Gasteiger charge is -2.23. The average Bonchev–Trinajstić information content (AvgIpc) is 3.36. The van der Waals surface area contributed by atoms with Gasteiger partial charge in [-0.25, -0.2) is 0 Å². The molecule has 1 heterocycles. The topological polar surface area (TPSA) is 9.23 Å². The molecule has 0 unspecified atom stereocenters. The van der Waals surface area contributed by atoms with Gasteiger partial charge in [0.05, 0.1) is 0 Å². The maximum absolute atomic E-state index is 6.50. The molecule has 0 fully saturated rings. The Morgan fingerprint density at radius 3 is 1.90 bits per heavy atom. The Balaban J connectivity index is 1.00. The van der Waals surface area contributed by atoms with Crippen LogP contribution in [0, 0.1) is 0 Å². The third kappa shape index (κ3) is 3.98. The van der Waals surface area contributed by atoms with Crippen LogP contribution in [0.15, 0.2) is 158 Å². The van der Waals surface area contributed by atoms with Crippen molar-refractivity contribution in [2.24, 2.45) is 0 Å². The van der Waals surface area contributed by atoms with Crippen molar-refractivity contribution in [3.63, 3.8) is 0 Å². The highest BCUT2D eigenvalue weighted by atomic mass is 16.5. The predicted molar refractivity (Wildman–Crippen MR) is 201 cm³/mol. The first-order chi connectivity index (χ1) is 23.5. The molecule has 0 saturated heterocycles. The molecule has 0 N–H and O–H groups in total. The normalized spacial score (nSPS) is 13.5. The molecule has 0 atom stereocenters. The van der Waals surface area contributed by atoms with E-state index in [1.165, 1.54) is 82.7 Å². The molecule has 0 radical (unpaired) electrons. The molecule has 0 spiro atoms. The van der Waals surface area contributed by atoms with Gasteiger partial charge in [-0.2, -0.15) is 0 Å². The Hall–Kier alpha value is -5.92. The molecule has 48 heavy (non-hydrogen) atoms. The fraction of sp³-hybridized carbons (Fsp3) is 0.0638. The van der Waals surface area contributed by atoms with Gasteiger partial charge in [-0.3, -0.25) is 0 Å². The van der Waals surface area contributed by atoms with E-state index in [1.54, 1.807) is 0 Å². The van der Waals surface area contributed by atoms with E-state index in [-0.39, 0.29) is 5.41 Å². The summed E-state index contributed by atoms with van der Waals surface area (Å²) in [6, 6.07) is 57.6. The minimum atomic E-state index is -0.00449. The van der Waals surface area contributed by atoms with Crippen molar-refractivity contribution in [3.8, 4) is 67.1 Å². The van der Waals surface area contributed by atoms with Gasteiger partial charge in [-0.05, 0) is 114 Å². The van der Waals surface area contributed by atoms with Crippen molar-refractivity contribution in [2.45, 2.75) is 19.3 Å². The maximum Gasteiger partial charge on any atom is 0.135 e. The molecule has 10 rings (SSSR count). The molecule has 226 valence electrons. The van der Waals surface area contributed by atoms with Crippen LogP contribution >= 0.6 is 0 Å². The standard InChI is InChI=1S/C47H32O/c1-47(2)42-14-7-6-11-37(42)40-26-34-20-19-32(25-35(34)28-43(40)47)29-15-17-30(18-16-29)33-21-23-44-41(27-33)39-13-8-12-38-36(31-9-4-3-5-10-31)22-24-45(48-44)46(38)39/h3-28H,1-2H3. The molecule has 1 aliphatic carbocycles. The quantitative estimate of drug-likeness (QED) is 0.193. The lowest BCUT2D eigenvalue weighted by atomic mass is 9.82. The van der Waals surface area contributed by atoms with E-state index in [1.807, 2.05) is 0 Å². The van der Waals surface area contributed by atoms with Crippen LogP contribution in [0.2, 0.25) is 0 Å². The number of benzene rings is 8. The van der Waals surface area contributed by atoms with Crippen molar-refractivity contribution in [3.05, 3.63) is 169 Å². The second-order valence-electron chi connectivity index (χ2n) is 13.7. The third-order valence-corrected chi connectivity index (χ3v) is 10.7. The van der Waals surface area contributed by atoms with Crippen LogP contribution in [0.4, 0.5) is 0 Å². The summed E-state index contributed by atoms with van der Waals surface area (Å²) < 4.78 is 6.50. The third-order valence-electron chi connectivity index (χ3n) is 10.7. The predicted octanol–water partition coefficient (Wildman–Crippen LogP) is 13.1. The first-order valence-corrected chi connectivity index (χ1v) is 16.8. The van der Waals surface area contributed by atoms with Crippen LogP contribution in [0.5, 0.6) is 11.5 Å². The van der Waals surface area contributed by atoms with Crippen molar-refractivity contribution in [1.29, 1.82) is 0 Å². The van der Waals surface area contributed by atoms with Crippen LogP contribution in [-0.4, -0.2) is 0 Å². The van der Waals surface area contributed by atoms with Crippen LogP contribution in [0.3, 0.4) is 0 Å². The lowest BCUT2D eigenvalue weighted by molar-refractivity contribution is 0.487. The van der Waals surface area contributed by atoms with Crippen LogP contribution in [0.1, 0.15) is 25.0 Å². The largest absolute Gasteiger partial charge is 0.456 e. The number of ether oxygens (including phenoxy) is 1. The Labute approximate surface area is 280 Å². The van der Waals surface area contributed by atoms with Crippen molar-refractivity contribution < 1.29 is 4.74 Å². The second-order valence-corrected chi connectivity index (χ2v) is 13.7. The van der Waals surface area contributed by atoms with E-state index < -0.39 is 0 Å². The fourth-order valence-electron chi connectivity index (χ4n) is 8.16. The zero-order valence-electron chi connectivity index (χ0n) is 26.9. The molecular formula is C47H32O. The minimum absolute atomic E-state index is 0.00449. The van der Waals surface area contributed by atoms with Crippen LogP contribution in [-0.2, 0) is 5.41 Å². The maximum atomic E-state index is 6.50. The van der Waals surface area contributed by atoms with Crippen molar-refractivity contribution >= 4 is 21.5 Å². The van der Waals surface area contributed by atoms with Crippen LogP contribution < -0.4 is 4.74 Å². The highest BCUT2D eigenvalue weighted by Crippen LogP contribution is 2.51. The average molecular weight is 613 g/mol. The summed E-state index contributed by atoms with van der Waals surface area (Å²) in [7, 11) is 0. The molecule has 0 saturated carbocycles. The van der Waals surface area contributed by atoms with E-state index in [2.05, 4.69) is 172 Å². The Morgan fingerprint density at radius 1 is 0.375 bits per heavy atom. The highest BCUT2D eigenvalue weighted by Gasteiger charge is 2.35. The molecule has 0 amide bonds. The summed E-state index contributed by atoms with van der Waals surface area (Å²) in [4.78, 5) is 0. The molecule has 1 aliphatic heterocycles. The Bertz CT molecular complexity index is 2590. The van der Waals surface area contributed by atoms with E-state index in [9.17, 15) is 0 Å². The first-order valence-electron chi connectivity index (χ1n) is 16.8. The monoisotopic (exact) mass is 612 g/mol. The van der Waals surface area contributed by atoms with E-state index in [0.717, 1.165) is 17.1 Å². The summed E-state index contributed by atoms with van der Waals surface area (Å²) in [6.07, 6.45) is 0. The van der Waals surface area contributed by atoms with Gasteiger partial charge in [0, 0.05) is 16.4 Å². The van der Waals surface area contributed by atoms with Gasteiger partial charge < -0.3 is 4.74 Å². The zero-order chi connectivity index (χ0) is 32.0. The van der Waals surface area contributed by atoms with Gasteiger partial charge in [0.15, 0.2) is 0 Å². The molecule has 1 heteroatoms. The minimum Gasteiger partial charge on any atom is -0.456 e. The molecular weight excluding hydrogens is 581 g/mol. The number of rotatable bonds is 3. The molecule has 2 aliphatic rings. The van der Waals surface area contributed by atoms with Crippen LogP contribution in [0.25, 0.3) is 77.2 Å². The van der Waals surface area contributed by atoms with E-state index >= 15 is 0 Å². The first kappa shape index (κ1) is 27.2. The lowest BCUT2D eigenvalue weighted by Crippen LogP contribution is -2.14. The van der Waals surface area contributed by atoms with E-state index in [0.29, 0.717) is 0 Å². The zero-order valence-corrected chi connectivity index (χ0v) is 26.9. The van der Waals surface area contributed by atoms with Crippen molar-refractivity contribution in [2.75, 3.05) is 0 Å². The van der Waals surface area contributed by atoms with E-state index in [4.69, 9.17) is 4.74 Å². The van der Waals surface area contributed by atoms with Gasteiger partial charge in [-0.1, -0.05) is 135 Å². The van der Waals surface area contributed by atoms with Gasteiger partial charge in [0.25, 0.3) is 0 Å². The molecule has 8 aromatic rings. The molecule has 8 aromatic carbocycles. The van der Waals surface area contributed by atoms with Gasteiger partial charge >= 0.3 is 0 Å². The molecule has 1 nitrogen and oxygen atoms in total. The summed E-state index contributed by atoms with van der Waals surface area (Å²) in [6.45, 7) is 4.69. The SMILES string of the molecule is CC1(C)c2ccccc2-c2cc3ccc(-c4ccc(-c5ccc6c(c5)-c5cccc7c(-c8ccccc8)ccc(c57)O6)cc4)cc3cc21. The second kappa shape index (κ2) is 10.0. The Morgan fingerprint density at radius 2 is 1.06 bits per heavy atom. The van der Waals surface area contributed by atoms with Gasteiger partial charge in [0.2, 0.25) is 0 Å².